The van der Waals surface area contributed by atoms with Gasteiger partial charge >= 0.3 is 43.6 Å². The molecule has 4 nitrogen and oxygen atoms in total. The number of phosphoric acid groups is 1. The first-order chi connectivity index (χ1) is 7.74. The fourth-order valence-corrected chi connectivity index (χ4v) is 1.48. The Morgan fingerprint density at radius 2 is 2.00 bits per heavy atom. The summed E-state index contributed by atoms with van der Waals surface area (Å²) in [6.45, 7) is 0. The van der Waals surface area contributed by atoms with Gasteiger partial charge in [0.2, 0.25) is 0 Å². The molecule has 1 aromatic carbocycles. The summed E-state index contributed by atoms with van der Waals surface area (Å²) < 4.78 is 55.8. The van der Waals surface area contributed by atoms with Crippen LogP contribution in [0.3, 0.4) is 0 Å². The van der Waals surface area contributed by atoms with E-state index in [2.05, 4.69) is 15.5 Å². The maximum Gasteiger partial charge on any atom is 1.00 e. The summed E-state index contributed by atoms with van der Waals surface area (Å²) in [5.74, 6) is -0.534. The average molecular weight is 288 g/mol. The molecule has 0 radical (unpaired) electrons. The SMILES string of the molecule is C#COP(=O)([O-])Oc1cccc(C(F)(F)F)c1.[Na+]. The Bertz CT molecular complexity index is 497. The molecule has 0 aliphatic rings. The molecule has 0 spiro atoms. The van der Waals surface area contributed by atoms with E-state index in [-0.39, 0.29) is 29.6 Å². The first-order valence-corrected chi connectivity index (χ1v) is 5.53. The molecule has 0 bridgehead atoms. The van der Waals surface area contributed by atoms with Crippen LogP contribution in [0.15, 0.2) is 24.3 Å². The average Bonchev–Trinajstić information content (AvgIpc) is 2.15. The van der Waals surface area contributed by atoms with Crippen molar-refractivity contribution in [1.29, 1.82) is 0 Å². The van der Waals surface area contributed by atoms with Gasteiger partial charge in [0.05, 0.1) is 5.56 Å². The maximum atomic E-state index is 12.3. The van der Waals surface area contributed by atoms with Crippen molar-refractivity contribution in [2.45, 2.75) is 6.18 Å². The van der Waals surface area contributed by atoms with Gasteiger partial charge < -0.3 is 13.9 Å². The first-order valence-electron chi connectivity index (χ1n) is 4.07. The number of alkyl halides is 3. The van der Waals surface area contributed by atoms with Crippen LogP contribution in [-0.2, 0) is 15.3 Å². The third-order valence-electron chi connectivity index (χ3n) is 1.54. The van der Waals surface area contributed by atoms with Crippen molar-refractivity contribution < 1.29 is 61.2 Å². The number of phosphoric ester groups is 1. The Hall–Kier alpha value is -0.640. The van der Waals surface area contributed by atoms with Crippen molar-refractivity contribution in [3.8, 4) is 18.3 Å². The minimum Gasteiger partial charge on any atom is -0.735 e. The van der Waals surface area contributed by atoms with Crippen LogP contribution >= 0.6 is 7.82 Å². The molecule has 1 aromatic rings. The molecular weight excluding hydrogens is 283 g/mol. The zero-order valence-electron chi connectivity index (χ0n) is 9.10. The predicted octanol–water partition coefficient (Wildman–Crippen LogP) is -0.836. The fourth-order valence-electron chi connectivity index (χ4n) is 0.941. The van der Waals surface area contributed by atoms with Gasteiger partial charge in [-0.1, -0.05) is 12.5 Å². The maximum absolute atomic E-state index is 12.3. The molecule has 92 valence electrons. The van der Waals surface area contributed by atoms with Crippen LogP contribution in [0, 0.1) is 12.5 Å². The standard InChI is InChI=1S/C9H6F3O4P.Na/c1-2-15-17(13,14)16-8-5-3-4-7(6-8)9(10,11)12;/h1,3-6H,(H,13,14);/q;+1/p-1. The molecule has 0 aromatic heterocycles. The van der Waals surface area contributed by atoms with E-state index in [9.17, 15) is 22.6 Å². The van der Waals surface area contributed by atoms with Gasteiger partial charge in [-0.05, 0) is 18.2 Å². The van der Waals surface area contributed by atoms with E-state index in [4.69, 9.17) is 0 Å². The molecule has 1 atom stereocenters. The summed E-state index contributed by atoms with van der Waals surface area (Å²) in [6.07, 6.45) is 1.32. The Morgan fingerprint density at radius 3 is 2.50 bits per heavy atom. The fraction of sp³-hybridized carbons (Fsp3) is 0.111. The number of benzene rings is 1. The molecule has 0 aliphatic carbocycles. The second kappa shape index (κ2) is 6.50. The van der Waals surface area contributed by atoms with Crippen molar-refractivity contribution >= 4 is 7.82 Å². The summed E-state index contributed by atoms with van der Waals surface area (Å²) in [7, 11) is -4.84. The Labute approximate surface area is 123 Å². The first kappa shape index (κ1) is 17.4. The van der Waals surface area contributed by atoms with Crippen LogP contribution in [0.1, 0.15) is 5.56 Å². The van der Waals surface area contributed by atoms with Gasteiger partial charge in [0.1, 0.15) is 11.9 Å². The topological polar surface area (TPSA) is 58.6 Å². The minimum atomic E-state index is -4.84. The van der Waals surface area contributed by atoms with Crippen molar-refractivity contribution in [3.63, 3.8) is 0 Å². The molecule has 0 N–H and O–H groups in total. The van der Waals surface area contributed by atoms with Crippen LogP contribution in [0.25, 0.3) is 0 Å². The summed E-state index contributed by atoms with van der Waals surface area (Å²) >= 11 is 0. The van der Waals surface area contributed by atoms with Crippen molar-refractivity contribution in [3.05, 3.63) is 29.8 Å². The molecule has 0 fully saturated rings. The monoisotopic (exact) mass is 288 g/mol. The molecule has 0 amide bonds. The van der Waals surface area contributed by atoms with E-state index in [0.717, 1.165) is 18.2 Å². The molecule has 1 unspecified atom stereocenters. The van der Waals surface area contributed by atoms with Crippen LogP contribution in [0.4, 0.5) is 13.2 Å². The second-order valence-electron chi connectivity index (χ2n) is 2.77. The van der Waals surface area contributed by atoms with Crippen LogP contribution in [0.5, 0.6) is 5.75 Å². The molecule has 9 heteroatoms. The largest absolute Gasteiger partial charge is 1.00 e. The number of hydrogen-bond acceptors (Lipinski definition) is 4. The Balaban J connectivity index is 0.00000289. The summed E-state index contributed by atoms with van der Waals surface area (Å²) in [4.78, 5) is 10.9. The number of terminal acetylenes is 1. The number of hydrogen-bond donors (Lipinski definition) is 0. The summed E-state index contributed by atoms with van der Waals surface area (Å²) in [6, 6.07) is 3.31. The van der Waals surface area contributed by atoms with E-state index in [1.165, 1.54) is 6.11 Å². The second-order valence-corrected chi connectivity index (χ2v) is 4.03. The summed E-state index contributed by atoms with van der Waals surface area (Å²) in [5, 5.41) is 0. The van der Waals surface area contributed by atoms with E-state index < -0.39 is 25.3 Å². The van der Waals surface area contributed by atoms with E-state index in [1.807, 2.05) is 0 Å². The minimum absolute atomic E-state index is 0. The van der Waals surface area contributed by atoms with Gasteiger partial charge in [-0.3, -0.25) is 0 Å². The van der Waals surface area contributed by atoms with E-state index in [1.54, 1.807) is 0 Å². The molecule has 0 heterocycles. The summed E-state index contributed by atoms with van der Waals surface area (Å²) in [5.41, 5.74) is -1.05. The van der Waals surface area contributed by atoms with E-state index >= 15 is 0 Å². The van der Waals surface area contributed by atoms with Gasteiger partial charge in [0.15, 0.2) is 0 Å². The Morgan fingerprint density at radius 1 is 1.39 bits per heavy atom. The van der Waals surface area contributed by atoms with Gasteiger partial charge in [0.25, 0.3) is 0 Å². The predicted molar refractivity (Wildman–Crippen MR) is 49.6 cm³/mol. The van der Waals surface area contributed by atoms with Crippen LogP contribution < -0.4 is 39.0 Å². The van der Waals surface area contributed by atoms with Crippen LogP contribution in [0.2, 0.25) is 0 Å². The van der Waals surface area contributed by atoms with Gasteiger partial charge in [-0.15, -0.1) is 0 Å². The Kier molecular flexibility index (Phi) is 6.27. The van der Waals surface area contributed by atoms with Crippen molar-refractivity contribution in [2.24, 2.45) is 0 Å². The molecule has 1 rings (SSSR count). The van der Waals surface area contributed by atoms with Crippen molar-refractivity contribution in [2.75, 3.05) is 0 Å². The normalized spacial score (nSPS) is 13.7. The van der Waals surface area contributed by atoms with Crippen molar-refractivity contribution in [1.82, 2.24) is 0 Å². The molecule has 18 heavy (non-hydrogen) atoms. The van der Waals surface area contributed by atoms with E-state index in [0.29, 0.717) is 6.07 Å². The number of halogens is 3. The third-order valence-corrected chi connectivity index (χ3v) is 2.31. The number of rotatable bonds is 3. The molecule has 0 saturated carbocycles. The smallest absolute Gasteiger partial charge is 0.735 e. The molecule has 0 aliphatic heterocycles. The van der Waals surface area contributed by atoms with Gasteiger partial charge in [0, 0.05) is 0 Å². The third kappa shape index (κ3) is 5.34. The quantitative estimate of drug-likeness (QED) is 0.413. The zero-order valence-corrected chi connectivity index (χ0v) is 12.0. The molecular formula is C9H5F3NaO4P. The van der Waals surface area contributed by atoms with Crippen LogP contribution in [-0.4, -0.2) is 0 Å². The molecule has 0 saturated heterocycles. The van der Waals surface area contributed by atoms with Gasteiger partial charge in [-0.2, -0.15) is 13.2 Å². The zero-order chi connectivity index (χ0) is 13.1. The van der Waals surface area contributed by atoms with Gasteiger partial charge in [-0.25, -0.2) is 4.57 Å².